The van der Waals surface area contributed by atoms with Crippen molar-refractivity contribution in [1.82, 2.24) is 19.7 Å². The molecule has 5 rings (SSSR count). The van der Waals surface area contributed by atoms with Crippen molar-refractivity contribution in [3.8, 4) is 11.6 Å². The average molecular weight is 442 g/mol. The lowest BCUT2D eigenvalue weighted by atomic mass is 10.2. The number of thioether (sulfide) groups is 1. The first-order valence-electron chi connectivity index (χ1n) is 10.1. The fraction of sp³-hybridized carbons (Fsp3) is 0.0833. The van der Waals surface area contributed by atoms with Crippen LogP contribution in [0.3, 0.4) is 0 Å². The van der Waals surface area contributed by atoms with Crippen molar-refractivity contribution in [2.75, 3.05) is 11.1 Å². The fourth-order valence-electron chi connectivity index (χ4n) is 3.41. The highest BCUT2D eigenvalue weighted by atomic mass is 32.2. The molecule has 158 valence electrons. The Balaban J connectivity index is 1.35. The van der Waals surface area contributed by atoms with Gasteiger partial charge in [-0.05, 0) is 29.8 Å². The second kappa shape index (κ2) is 9.07. The predicted octanol–water partition coefficient (Wildman–Crippen LogP) is 4.87. The van der Waals surface area contributed by atoms with Crippen molar-refractivity contribution >= 4 is 34.3 Å². The molecule has 0 saturated heterocycles. The number of fused-ring (bicyclic) bond motifs is 1. The van der Waals surface area contributed by atoms with E-state index < -0.39 is 0 Å². The van der Waals surface area contributed by atoms with E-state index in [1.807, 2.05) is 77.4 Å². The molecule has 0 radical (unpaired) electrons. The number of anilines is 1. The highest BCUT2D eigenvalue weighted by Crippen LogP contribution is 2.26. The molecule has 5 aromatic rings. The predicted molar refractivity (Wildman–Crippen MR) is 124 cm³/mol. The Morgan fingerprint density at radius 2 is 1.84 bits per heavy atom. The van der Waals surface area contributed by atoms with Gasteiger partial charge in [-0.2, -0.15) is 0 Å². The summed E-state index contributed by atoms with van der Waals surface area (Å²) < 4.78 is 7.50. The number of nitrogens with zero attached hydrogens (tertiary/aromatic N) is 4. The van der Waals surface area contributed by atoms with Crippen LogP contribution in [0, 0.1) is 0 Å². The molecule has 3 aromatic heterocycles. The van der Waals surface area contributed by atoms with E-state index in [9.17, 15) is 4.79 Å². The van der Waals surface area contributed by atoms with Crippen molar-refractivity contribution in [3.63, 3.8) is 0 Å². The van der Waals surface area contributed by atoms with Crippen LogP contribution in [0.15, 0.2) is 94.8 Å². The summed E-state index contributed by atoms with van der Waals surface area (Å²) in [7, 11) is 0. The van der Waals surface area contributed by atoms with Gasteiger partial charge in [0.1, 0.15) is 0 Å². The highest BCUT2D eigenvalue weighted by molar-refractivity contribution is 7.99. The van der Waals surface area contributed by atoms with Gasteiger partial charge in [-0.1, -0.05) is 60.3 Å². The van der Waals surface area contributed by atoms with E-state index >= 15 is 0 Å². The van der Waals surface area contributed by atoms with Gasteiger partial charge in [0.25, 0.3) is 0 Å². The summed E-state index contributed by atoms with van der Waals surface area (Å²) >= 11 is 1.33. The molecule has 0 aliphatic carbocycles. The Kier molecular flexibility index (Phi) is 5.67. The third-order valence-corrected chi connectivity index (χ3v) is 5.85. The van der Waals surface area contributed by atoms with Crippen LogP contribution >= 0.6 is 11.8 Å². The number of benzene rings is 2. The molecule has 7 nitrogen and oxygen atoms in total. The number of nitrogens with one attached hydrogen (secondary N) is 1. The van der Waals surface area contributed by atoms with Crippen molar-refractivity contribution in [3.05, 3.63) is 90.8 Å². The van der Waals surface area contributed by atoms with Crippen LogP contribution in [0.2, 0.25) is 0 Å². The van der Waals surface area contributed by atoms with E-state index in [1.165, 1.54) is 11.8 Å². The number of para-hydroxylation sites is 1. The first kappa shape index (κ1) is 20.0. The molecular formula is C24H19N5O2S. The Hall–Kier alpha value is -3.91. The Bertz CT molecular complexity index is 1340. The smallest absolute Gasteiger partial charge is 0.234 e. The Labute approximate surface area is 188 Å². The van der Waals surface area contributed by atoms with E-state index in [0.29, 0.717) is 29.0 Å². The lowest BCUT2D eigenvalue weighted by Crippen LogP contribution is -2.15. The number of hydrogen-bond donors (Lipinski definition) is 1. The molecule has 3 heterocycles. The average Bonchev–Trinajstić information content (AvgIpc) is 3.49. The summed E-state index contributed by atoms with van der Waals surface area (Å²) in [5.74, 6) is 1.31. The number of furan rings is 1. The molecule has 0 fully saturated rings. The van der Waals surface area contributed by atoms with Crippen LogP contribution in [0.5, 0.6) is 0 Å². The SMILES string of the molecule is O=C(CSc1nnc(-c2ccco2)n1Cc1ccccc1)Nc1cccc2cccnc12. The summed E-state index contributed by atoms with van der Waals surface area (Å²) in [6, 6.07) is 23.3. The topological polar surface area (TPSA) is 85.8 Å². The largest absolute Gasteiger partial charge is 0.461 e. The molecule has 2 aromatic carbocycles. The number of carbonyl (C=O) groups is 1. The second-order valence-corrected chi connectivity index (χ2v) is 8.02. The van der Waals surface area contributed by atoms with Gasteiger partial charge < -0.3 is 9.73 Å². The second-order valence-electron chi connectivity index (χ2n) is 7.07. The van der Waals surface area contributed by atoms with Crippen LogP contribution in [0.25, 0.3) is 22.5 Å². The number of hydrogen-bond acceptors (Lipinski definition) is 6. The van der Waals surface area contributed by atoms with Crippen LogP contribution in [-0.2, 0) is 11.3 Å². The number of aromatic nitrogens is 4. The van der Waals surface area contributed by atoms with Gasteiger partial charge in [0.15, 0.2) is 10.9 Å². The van der Waals surface area contributed by atoms with Crippen molar-refractivity contribution in [1.29, 1.82) is 0 Å². The molecule has 8 heteroatoms. The normalized spacial score (nSPS) is 11.0. The molecule has 0 bridgehead atoms. The maximum Gasteiger partial charge on any atom is 0.234 e. The molecular weight excluding hydrogens is 422 g/mol. The van der Waals surface area contributed by atoms with Crippen LogP contribution in [-0.4, -0.2) is 31.4 Å². The molecule has 1 N–H and O–H groups in total. The monoisotopic (exact) mass is 441 g/mol. The number of amides is 1. The third kappa shape index (κ3) is 4.26. The first-order chi connectivity index (χ1) is 15.8. The number of pyridine rings is 1. The lowest BCUT2D eigenvalue weighted by Gasteiger charge is -2.10. The zero-order valence-electron chi connectivity index (χ0n) is 17.0. The van der Waals surface area contributed by atoms with Gasteiger partial charge in [0.2, 0.25) is 11.7 Å². The molecule has 0 aliphatic heterocycles. The molecule has 32 heavy (non-hydrogen) atoms. The zero-order valence-corrected chi connectivity index (χ0v) is 17.8. The van der Waals surface area contributed by atoms with Gasteiger partial charge in [-0.25, -0.2) is 0 Å². The van der Waals surface area contributed by atoms with Crippen molar-refractivity contribution in [2.24, 2.45) is 0 Å². The molecule has 1 amide bonds. The summed E-state index contributed by atoms with van der Waals surface area (Å²) in [5, 5.41) is 13.2. The minimum Gasteiger partial charge on any atom is -0.461 e. The lowest BCUT2D eigenvalue weighted by molar-refractivity contribution is -0.113. The van der Waals surface area contributed by atoms with Gasteiger partial charge in [0.05, 0.1) is 29.8 Å². The van der Waals surface area contributed by atoms with E-state index in [2.05, 4.69) is 20.5 Å². The van der Waals surface area contributed by atoms with Gasteiger partial charge in [-0.15, -0.1) is 10.2 Å². The minimum atomic E-state index is -0.137. The minimum absolute atomic E-state index is 0.137. The number of rotatable bonds is 7. The zero-order chi connectivity index (χ0) is 21.8. The van der Waals surface area contributed by atoms with Crippen LogP contribution < -0.4 is 5.32 Å². The van der Waals surface area contributed by atoms with E-state index in [-0.39, 0.29) is 11.7 Å². The Morgan fingerprint density at radius 1 is 0.969 bits per heavy atom. The van der Waals surface area contributed by atoms with E-state index in [4.69, 9.17) is 4.42 Å². The summed E-state index contributed by atoms with van der Waals surface area (Å²) in [4.78, 5) is 17.1. The Morgan fingerprint density at radius 3 is 2.69 bits per heavy atom. The van der Waals surface area contributed by atoms with Crippen molar-refractivity contribution < 1.29 is 9.21 Å². The summed E-state index contributed by atoms with van der Waals surface area (Å²) in [6.45, 7) is 0.571. The van der Waals surface area contributed by atoms with Gasteiger partial charge in [0, 0.05) is 11.6 Å². The highest BCUT2D eigenvalue weighted by Gasteiger charge is 2.18. The molecule has 0 unspecified atom stereocenters. The van der Waals surface area contributed by atoms with E-state index in [1.54, 1.807) is 12.5 Å². The van der Waals surface area contributed by atoms with Crippen molar-refractivity contribution in [2.45, 2.75) is 11.7 Å². The van der Waals surface area contributed by atoms with Gasteiger partial charge >= 0.3 is 0 Å². The maximum absolute atomic E-state index is 12.7. The van der Waals surface area contributed by atoms with Crippen LogP contribution in [0.1, 0.15) is 5.56 Å². The third-order valence-electron chi connectivity index (χ3n) is 4.88. The number of carbonyl (C=O) groups excluding carboxylic acids is 1. The fourth-order valence-corrected chi connectivity index (χ4v) is 4.15. The standard InChI is InChI=1S/C24H19N5O2S/c30-21(26-19-11-4-9-18-10-5-13-25-22(18)19)16-32-24-28-27-23(20-12-6-14-31-20)29(24)15-17-7-2-1-3-8-17/h1-14H,15-16H2,(H,26,30). The first-order valence-corrected chi connectivity index (χ1v) is 11.0. The summed E-state index contributed by atoms with van der Waals surface area (Å²) in [5.41, 5.74) is 2.56. The molecule has 0 spiro atoms. The van der Waals surface area contributed by atoms with E-state index in [0.717, 1.165) is 16.5 Å². The summed E-state index contributed by atoms with van der Waals surface area (Å²) in [6.07, 6.45) is 3.32. The molecule has 0 saturated carbocycles. The quantitative estimate of drug-likeness (QED) is 0.363. The van der Waals surface area contributed by atoms with Gasteiger partial charge in [-0.3, -0.25) is 14.3 Å². The maximum atomic E-state index is 12.7. The molecule has 0 aliphatic rings. The van der Waals surface area contributed by atoms with Crippen LogP contribution in [0.4, 0.5) is 5.69 Å². The molecule has 0 atom stereocenters.